The monoisotopic (exact) mass is 249 g/mol. The van der Waals surface area contributed by atoms with Gasteiger partial charge in [0, 0.05) is 24.3 Å². The zero-order chi connectivity index (χ0) is 13.0. The Bertz CT molecular complexity index is 386. The summed E-state index contributed by atoms with van der Waals surface area (Å²) >= 11 is 0. The Morgan fingerprint density at radius 2 is 2.28 bits per heavy atom. The zero-order valence-corrected chi connectivity index (χ0v) is 11.5. The second-order valence-electron chi connectivity index (χ2n) is 5.05. The first-order valence-corrected chi connectivity index (χ1v) is 6.69. The standard InChI is InChI=1S/C15H23NO2/c1-11-6-7-15(17-3)14(9-11)12(2)16-13-5-4-8-18-10-13/h6-7,9,12-13,16H,4-5,8,10H2,1-3H3. The van der Waals surface area contributed by atoms with E-state index in [0.717, 1.165) is 25.4 Å². The fourth-order valence-corrected chi connectivity index (χ4v) is 2.51. The van der Waals surface area contributed by atoms with Crippen molar-refractivity contribution in [2.75, 3.05) is 20.3 Å². The summed E-state index contributed by atoms with van der Waals surface area (Å²) in [5, 5.41) is 3.63. The van der Waals surface area contributed by atoms with E-state index in [1.54, 1.807) is 7.11 Å². The molecule has 0 bridgehead atoms. The molecule has 1 N–H and O–H groups in total. The maximum Gasteiger partial charge on any atom is 0.123 e. The fraction of sp³-hybridized carbons (Fsp3) is 0.600. The van der Waals surface area contributed by atoms with Crippen LogP contribution in [0, 0.1) is 6.92 Å². The van der Waals surface area contributed by atoms with Gasteiger partial charge in [0.05, 0.1) is 13.7 Å². The number of ether oxygens (including phenoxy) is 2. The molecule has 2 atom stereocenters. The number of hydrogen-bond donors (Lipinski definition) is 1. The van der Waals surface area contributed by atoms with Crippen LogP contribution < -0.4 is 10.1 Å². The van der Waals surface area contributed by atoms with Crippen molar-refractivity contribution in [1.29, 1.82) is 0 Å². The summed E-state index contributed by atoms with van der Waals surface area (Å²) in [6, 6.07) is 7.06. The summed E-state index contributed by atoms with van der Waals surface area (Å²) in [5.74, 6) is 0.956. The average molecular weight is 249 g/mol. The van der Waals surface area contributed by atoms with Gasteiger partial charge in [0.1, 0.15) is 5.75 Å². The van der Waals surface area contributed by atoms with E-state index in [4.69, 9.17) is 9.47 Å². The van der Waals surface area contributed by atoms with Crippen molar-refractivity contribution in [2.24, 2.45) is 0 Å². The molecule has 0 saturated carbocycles. The van der Waals surface area contributed by atoms with E-state index in [-0.39, 0.29) is 6.04 Å². The van der Waals surface area contributed by atoms with E-state index in [2.05, 4.69) is 31.3 Å². The van der Waals surface area contributed by atoms with Crippen LogP contribution in [0.25, 0.3) is 0 Å². The lowest BCUT2D eigenvalue weighted by Crippen LogP contribution is -2.38. The third-order valence-electron chi connectivity index (χ3n) is 3.50. The van der Waals surface area contributed by atoms with Crippen molar-refractivity contribution >= 4 is 0 Å². The third-order valence-corrected chi connectivity index (χ3v) is 3.50. The Morgan fingerprint density at radius 3 is 2.94 bits per heavy atom. The van der Waals surface area contributed by atoms with Crippen molar-refractivity contribution in [1.82, 2.24) is 5.32 Å². The summed E-state index contributed by atoms with van der Waals surface area (Å²) in [6.45, 7) is 6.02. The Balaban J connectivity index is 2.07. The molecule has 1 fully saturated rings. The third kappa shape index (κ3) is 3.24. The smallest absolute Gasteiger partial charge is 0.123 e. The van der Waals surface area contributed by atoms with E-state index < -0.39 is 0 Å². The quantitative estimate of drug-likeness (QED) is 0.890. The molecule has 1 aromatic rings. The summed E-state index contributed by atoms with van der Waals surface area (Å²) < 4.78 is 10.9. The minimum absolute atomic E-state index is 0.284. The molecule has 0 aromatic heterocycles. The first-order valence-electron chi connectivity index (χ1n) is 6.69. The lowest BCUT2D eigenvalue weighted by Gasteiger charge is -2.27. The van der Waals surface area contributed by atoms with E-state index >= 15 is 0 Å². The molecule has 2 unspecified atom stereocenters. The molecule has 2 rings (SSSR count). The summed E-state index contributed by atoms with van der Waals surface area (Å²) in [5.41, 5.74) is 2.49. The van der Waals surface area contributed by atoms with Gasteiger partial charge in [-0.1, -0.05) is 17.7 Å². The number of aryl methyl sites for hydroxylation is 1. The van der Waals surface area contributed by atoms with Gasteiger partial charge in [-0.25, -0.2) is 0 Å². The van der Waals surface area contributed by atoms with Crippen LogP contribution in [0.1, 0.15) is 36.9 Å². The van der Waals surface area contributed by atoms with Gasteiger partial charge in [0.2, 0.25) is 0 Å². The highest BCUT2D eigenvalue weighted by Crippen LogP contribution is 2.27. The molecular weight excluding hydrogens is 226 g/mol. The van der Waals surface area contributed by atoms with Crippen LogP contribution in [0.4, 0.5) is 0 Å². The molecule has 1 aromatic carbocycles. The number of benzene rings is 1. The normalized spacial score (nSPS) is 21.6. The van der Waals surface area contributed by atoms with Gasteiger partial charge in [-0.05, 0) is 32.8 Å². The molecule has 0 radical (unpaired) electrons. The van der Waals surface area contributed by atoms with Crippen molar-refractivity contribution in [2.45, 2.75) is 38.8 Å². The summed E-state index contributed by atoms with van der Waals surface area (Å²) in [6.07, 6.45) is 2.34. The largest absolute Gasteiger partial charge is 0.496 e. The van der Waals surface area contributed by atoms with Gasteiger partial charge in [-0.2, -0.15) is 0 Å². The lowest BCUT2D eigenvalue weighted by molar-refractivity contribution is 0.0670. The average Bonchev–Trinajstić information content (AvgIpc) is 2.40. The van der Waals surface area contributed by atoms with Crippen molar-refractivity contribution in [3.8, 4) is 5.75 Å². The first-order chi connectivity index (χ1) is 8.70. The van der Waals surface area contributed by atoms with Crippen LogP contribution in [-0.2, 0) is 4.74 Å². The van der Waals surface area contributed by atoms with Gasteiger partial charge >= 0.3 is 0 Å². The minimum Gasteiger partial charge on any atom is -0.496 e. The molecular formula is C15H23NO2. The maximum atomic E-state index is 5.51. The highest BCUT2D eigenvalue weighted by molar-refractivity contribution is 5.38. The summed E-state index contributed by atoms with van der Waals surface area (Å²) in [4.78, 5) is 0. The molecule has 3 nitrogen and oxygen atoms in total. The predicted octanol–water partition coefficient (Wildman–Crippen LogP) is 2.83. The van der Waals surface area contributed by atoms with Crippen LogP contribution in [0.5, 0.6) is 5.75 Å². The maximum absolute atomic E-state index is 5.51. The Kier molecular flexibility index (Phi) is 4.61. The van der Waals surface area contributed by atoms with Gasteiger partial charge in [0.15, 0.2) is 0 Å². The second kappa shape index (κ2) is 6.21. The van der Waals surface area contributed by atoms with E-state index in [9.17, 15) is 0 Å². The van der Waals surface area contributed by atoms with Crippen LogP contribution >= 0.6 is 0 Å². The van der Waals surface area contributed by atoms with Crippen LogP contribution in [0.3, 0.4) is 0 Å². The van der Waals surface area contributed by atoms with E-state index in [1.165, 1.54) is 17.5 Å². The highest BCUT2D eigenvalue weighted by atomic mass is 16.5. The van der Waals surface area contributed by atoms with Gasteiger partial charge < -0.3 is 14.8 Å². The molecule has 0 aliphatic carbocycles. The van der Waals surface area contributed by atoms with Crippen LogP contribution in [-0.4, -0.2) is 26.4 Å². The van der Waals surface area contributed by atoms with Crippen molar-refractivity contribution < 1.29 is 9.47 Å². The van der Waals surface area contributed by atoms with Crippen LogP contribution in [0.2, 0.25) is 0 Å². The predicted molar refractivity (Wildman–Crippen MR) is 73.1 cm³/mol. The molecule has 1 aliphatic heterocycles. The van der Waals surface area contributed by atoms with Crippen LogP contribution in [0.15, 0.2) is 18.2 Å². The number of rotatable bonds is 4. The lowest BCUT2D eigenvalue weighted by atomic mass is 10.0. The molecule has 0 amide bonds. The number of hydrogen-bond acceptors (Lipinski definition) is 3. The second-order valence-corrected chi connectivity index (χ2v) is 5.05. The zero-order valence-electron chi connectivity index (χ0n) is 11.5. The fourth-order valence-electron chi connectivity index (χ4n) is 2.51. The first kappa shape index (κ1) is 13.4. The summed E-state index contributed by atoms with van der Waals surface area (Å²) in [7, 11) is 1.73. The SMILES string of the molecule is COc1ccc(C)cc1C(C)NC1CCCOC1. The van der Waals surface area contributed by atoms with E-state index in [0.29, 0.717) is 6.04 Å². The number of nitrogens with one attached hydrogen (secondary N) is 1. The Labute approximate surface area is 109 Å². The molecule has 0 spiro atoms. The topological polar surface area (TPSA) is 30.5 Å². The van der Waals surface area contributed by atoms with Gasteiger partial charge in [-0.3, -0.25) is 0 Å². The molecule has 3 heteroatoms. The molecule has 100 valence electrons. The molecule has 18 heavy (non-hydrogen) atoms. The molecule has 1 heterocycles. The van der Waals surface area contributed by atoms with E-state index in [1.807, 2.05) is 6.07 Å². The van der Waals surface area contributed by atoms with Gasteiger partial charge in [0.25, 0.3) is 0 Å². The number of methoxy groups -OCH3 is 1. The van der Waals surface area contributed by atoms with Crippen molar-refractivity contribution in [3.05, 3.63) is 29.3 Å². The van der Waals surface area contributed by atoms with Crippen molar-refractivity contribution in [3.63, 3.8) is 0 Å². The molecule has 1 saturated heterocycles. The molecule has 1 aliphatic rings. The highest BCUT2D eigenvalue weighted by Gasteiger charge is 2.18. The minimum atomic E-state index is 0.284. The Morgan fingerprint density at radius 1 is 1.44 bits per heavy atom. The Hall–Kier alpha value is -1.06. The van der Waals surface area contributed by atoms with Gasteiger partial charge in [-0.15, -0.1) is 0 Å².